The summed E-state index contributed by atoms with van der Waals surface area (Å²) in [5.41, 5.74) is 5.30. The number of hydrogen-bond acceptors (Lipinski definition) is 5. The normalized spacial score (nSPS) is 13.2. The van der Waals surface area contributed by atoms with Crippen LogP contribution in [0.2, 0.25) is 0 Å². The van der Waals surface area contributed by atoms with E-state index in [1.165, 1.54) is 6.20 Å². The summed E-state index contributed by atoms with van der Waals surface area (Å²) < 4.78 is 25.3. The first-order valence-corrected chi connectivity index (χ1v) is 6.34. The van der Waals surface area contributed by atoms with E-state index in [9.17, 15) is 8.42 Å². The lowest BCUT2D eigenvalue weighted by Crippen LogP contribution is -2.38. The van der Waals surface area contributed by atoms with E-state index in [0.29, 0.717) is 5.82 Å². The molecule has 1 aromatic rings. The van der Waals surface area contributed by atoms with Gasteiger partial charge in [0.2, 0.25) is 0 Å². The van der Waals surface area contributed by atoms with Gasteiger partial charge in [-0.2, -0.15) is 4.31 Å². The van der Waals surface area contributed by atoms with Gasteiger partial charge in [-0.3, -0.25) is 0 Å². The van der Waals surface area contributed by atoms with Gasteiger partial charge in [0.15, 0.2) is 10.9 Å². The molecule has 0 bridgehead atoms. The van der Waals surface area contributed by atoms with Crippen molar-refractivity contribution in [1.82, 2.24) is 14.3 Å². The van der Waals surface area contributed by atoms with Gasteiger partial charge in [-0.25, -0.2) is 13.4 Å². The third kappa shape index (κ3) is 2.94. The second kappa shape index (κ2) is 5.15. The standard InChI is InChI=1S/C8H15N5O3S/c1-3-13(5-7(9)12-14)17(15,16)8-4-10-6(2)11-8/h4,14H,3,5H2,1-2H3,(H2,9,12)(H,10,11). The molecule has 0 spiro atoms. The zero-order valence-corrected chi connectivity index (χ0v) is 10.4. The van der Waals surface area contributed by atoms with Crippen molar-refractivity contribution >= 4 is 15.9 Å². The molecule has 9 heteroatoms. The number of hydrogen-bond donors (Lipinski definition) is 3. The Bertz CT molecular complexity index is 507. The first-order chi connectivity index (χ1) is 7.91. The Balaban J connectivity index is 3.02. The highest BCUT2D eigenvalue weighted by atomic mass is 32.2. The van der Waals surface area contributed by atoms with E-state index >= 15 is 0 Å². The molecule has 0 aromatic carbocycles. The van der Waals surface area contributed by atoms with E-state index in [2.05, 4.69) is 15.1 Å². The first kappa shape index (κ1) is 13.5. The molecular formula is C8H15N5O3S. The van der Waals surface area contributed by atoms with Crippen LogP contribution in [0.25, 0.3) is 0 Å². The van der Waals surface area contributed by atoms with Crippen LogP contribution in [0.15, 0.2) is 16.4 Å². The SMILES string of the molecule is CCN(C/C(N)=N/O)S(=O)(=O)c1cnc(C)[nH]1. The second-order valence-corrected chi connectivity index (χ2v) is 5.26. The van der Waals surface area contributed by atoms with Crippen LogP contribution in [0.3, 0.4) is 0 Å². The van der Waals surface area contributed by atoms with E-state index in [-0.39, 0.29) is 24.0 Å². The van der Waals surface area contributed by atoms with Crippen LogP contribution in [-0.4, -0.2) is 46.8 Å². The molecule has 0 amide bonds. The molecule has 8 nitrogen and oxygen atoms in total. The van der Waals surface area contributed by atoms with Crippen molar-refractivity contribution in [1.29, 1.82) is 0 Å². The molecule has 1 heterocycles. The van der Waals surface area contributed by atoms with Crippen LogP contribution in [-0.2, 0) is 10.0 Å². The van der Waals surface area contributed by atoms with Crippen LogP contribution >= 0.6 is 0 Å². The second-order valence-electron chi connectivity index (χ2n) is 3.36. The lowest BCUT2D eigenvalue weighted by atomic mass is 10.6. The number of nitrogens with one attached hydrogen (secondary N) is 1. The summed E-state index contributed by atoms with van der Waals surface area (Å²) in [4.78, 5) is 6.47. The van der Waals surface area contributed by atoms with Gasteiger partial charge in [-0.05, 0) is 6.92 Å². The van der Waals surface area contributed by atoms with Crippen molar-refractivity contribution in [2.45, 2.75) is 18.9 Å². The predicted molar refractivity (Wildman–Crippen MR) is 61.2 cm³/mol. The number of amidine groups is 1. The molecular weight excluding hydrogens is 246 g/mol. The van der Waals surface area contributed by atoms with Crippen molar-refractivity contribution in [2.75, 3.05) is 13.1 Å². The van der Waals surface area contributed by atoms with Crippen LogP contribution in [0.5, 0.6) is 0 Å². The minimum absolute atomic E-state index is 0.0115. The van der Waals surface area contributed by atoms with E-state index in [1.54, 1.807) is 13.8 Å². The lowest BCUT2D eigenvalue weighted by Gasteiger charge is -2.18. The Labute approximate surface area is 99.2 Å². The van der Waals surface area contributed by atoms with Crippen LogP contribution in [0.4, 0.5) is 0 Å². The Kier molecular flexibility index (Phi) is 4.07. The van der Waals surface area contributed by atoms with E-state index < -0.39 is 10.0 Å². The average Bonchev–Trinajstić information content (AvgIpc) is 2.72. The number of aryl methyl sites for hydroxylation is 1. The monoisotopic (exact) mass is 261 g/mol. The van der Waals surface area contributed by atoms with Crippen molar-refractivity contribution < 1.29 is 13.6 Å². The zero-order chi connectivity index (χ0) is 13.1. The minimum Gasteiger partial charge on any atom is -0.409 e. The Morgan fingerprint density at radius 3 is 2.76 bits per heavy atom. The van der Waals surface area contributed by atoms with Crippen molar-refractivity contribution in [3.63, 3.8) is 0 Å². The van der Waals surface area contributed by atoms with Gasteiger partial charge >= 0.3 is 0 Å². The van der Waals surface area contributed by atoms with Gasteiger partial charge in [0.1, 0.15) is 5.82 Å². The van der Waals surface area contributed by atoms with Gasteiger partial charge in [-0.15, -0.1) is 0 Å². The fourth-order valence-electron chi connectivity index (χ4n) is 1.25. The highest BCUT2D eigenvalue weighted by Gasteiger charge is 2.25. The number of H-pyrrole nitrogens is 1. The molecule has 4 N–H and O–H groups in total. The number of sulfonamides is 1. The molecule has 0 aliphatic carbocycles. The van der Waals surface area contributed by atoms with Gasteiger partial charge < -0.3 is 15.9 Å². The molecule has 0 unspecified atom stereocenters. The summed E-state index contributed by atoms with van der Waals surface area (Å²) in [6.07, 6.45) is 1.24. The minimum atomic E-state index is -3.69. The third-order valence-corrected chi connectivity index (χ3v) is 3.95. The fourth-order valence-corrected chi connectivity index (χ4v) is 2.63. The highest BCUT2D eigenvalue weighted by Crippen LogP contribution is 2.12. The van der Waals surface area contributed by atoms with E-state index in [1.807, 2.05) is 0 Å². The quantitative estimate of drug-likeness (QED) is 0.284. The molecule has 0 aliphatic rings. The molecule has 17 heavy (non-hydrogen) atoms. The summed E-state index contributed by atoms with van der Waals surface area (Å²) in [6.45, 7) is 3.34. The number of oxime groups is 1. The van der Waals surface area contributed by atoms with Crippen molar-refractivity contribution in [3.8, 4) is 0 Å². The topological polar surface area (TPSA) is 125 Å². The Morgan fingerprint density at radius 1 is 1.71 bits per heavy atom. The van der Waals surface area contributed by atoms with E-state index in [4.69, 9.17) is 10.9 Å². The van der Waals surface area contributed by atoms with Crippen LogP contribution < -0.4 is 5.73 Å². The number of aromatic amines is 1. The summed E-state index contributed by atoms with van der Waals surface area (Å²) in [5.74, 6) is 0.329. The highest BCUT2D eigenvalue weighted by molar-refractivity contribution is 7.89. The molecule has 1 rings (SSSR count). The number of imidazole rings is 1. The molecule has 0 saturated carbocycles. The molecule has 0 fully saturated rings. The lowest BCUT2D eigenvalue weighted by molar-refractivity contribution is 0.315. The molecule has 0 saturated heterocycles. The summed E-state index contributed by atoms with van der Waals surface area (Å²) in [7, 11) is -3.69. The van der Waals surface area contributed by atoms with E-state index in [0.717, 1.165) is 4.31 Å². The third-order valence-electron chi connectivity index (χ3n) is 2.12. The summed E-state index contributed by atoms with van der Waals surface area (Å²) in [5, 5.41) is 11.2. The fraction of sp³-hybridized carbons (Fsp3) is 0.500. The number of aromatic nitrogens is 2. The Morgan fingerprint density at radius 2 is 2.35 bits per heavy atom. The average molecular weight is 261 g/mol. The summed E-state index contributed by atoms with van der Waals surface area (Å²) >= 11 is 0. The number of nitrogens with two attached hydrogens (primary N) is 1. The molecule has 1 aromatic heterocycles. The largest absolute Gasteiger partial charge is 0.409 e. The molecule has 0 radical (unpaired) electrons. The predicted octanol–water partition coefficient (Wildman–Crippen LogP) is -0.525. The van der Waals surface area contributed by atoms with Gasteiger partial charge in [-0.1, -0.05) is 12.1 Å². The zero-order valence-electron chi connectivity index (χ0n) is 9.58. The van der Waals surface area contributed by atoms with Gasteiger partial charge in [0.25, 0.3) is 10.0 Å². The smallest absolute Gasteiger partial charge is 0.260 e. The van der Waals surface area contributed by atoms with Crippen LogP contribution in [0, 0.1) is 6.92 Å². The maximum Gasteiger partial charge on any atom is 0.260 e. The molecule has 0 aliphatic heterocycles. The first-order valence-electron chi connectivity index (χ1n) is 4.90. The molecule has 96 valence electrons. The van der Waals surface area contributed by atoms with Crippen LogP contribution in [0.1, 0.15) is 12.7 Å². The Hall–Kier alpha value is -1.61. The van der Waals surface area contributed by atoms with Gasteiger partial charge in [0.05, 0.1) is 12.7 Å². The maximum absolute atomic E-state index is 12.1. The van der Waals surface area contributed by atoms with Crippen molar-refractivity contribution in [2.24, 2.45) is 10.9 Å². The maximum atomic E-state index is 12.1. The number of nitrogens with zero attached hydrogens (tertiary/aromatic N) is 3. The molecule has 0 atom stereocenters. The number of likely N-dealkylation sites (N-methyl/N-ethyl adjacent to an activating group) is 1. The number of rotatable bonds is 5. The van der Waals surface area contributed by atoms with Crippen molar-refractivity contribution in [3.05, 3.63) is 12.0 Å². The van der Waals surface area contributed by atoms with Gasteiger partial charge in [0, 0.05) is 6.54 Å². The summed E-state index contributed by atoms with van der Waals surface area (Å²) in [6, 6.07) is 0.